The number of hydrogen-bond acceptors (Lipinski definition) is 1. The Bertz CT molecular complexity index is 481. The third-order valence-corrected chi connectivity index (χ3v) is 5.79. The maximum atomic E-state index is 12.7. The van der Waals surface area contributed by atoms with Crippen molar-refractivity contribution in [1.29, 1.82) is 5.26 Å². The van der Waals surface area contributed by atoms with Gasteiger partial charge >= 0.3 is 0 Å². The average molecular weight is 330 g/mol. The van der Waals surface area contributed by atoms with Gasteiger partial charge in [0, 0.05) is 0 Å². The molecule has 0 bridgehead atoms. The zero-order chi connectivity index (χ0) is 17.2. The van der Waals surface area contributed by atoms with E-state index in [2.05, 4.69) is 25.2 Å². The molecule has 0 unspecified atom stereocenters. The Labute approximate surface area is 147 Å². The summed E-state index contributed by atoms with van der Waals surface area (Å²) in [5.74, 6) is 2.37. The van der Waals surface area contributed by atoms with Crippen LogP contribution in [0.15, 0.2) is 36.2 Å². The zero-order valence-corrected chi connectivity index (χ0v) is 15.1. The second-order valence-electron chi connectivity index (χ2n) is 7.64. The molecule has 0 aromatic carbocycles. The van der Waals surface area contributed by atoms with Gasteiger partial charge < -0.3 is 0 Å². The Balaban J connectivity index is 1.67. The van der Waals surface area contributed by atoms with Crippen LogP contribution in [0, 0.1) is 35.0 Å². The standard InChI is InChI=1S/C22H32FN/c1-2-4-18-7-11-20(12-8-18)15-16-21-13-9-19(10-14-21)5-3-6-22(23)17-24/h3,5-6,15-16,18-21H,2,4,7-14H2,1H3. The minimum Gasteiger partial charge on any atom is -0.195 e. The fourth-order valence-corrected chi connectivity index (χ4v) is 4.26. The molecule has 0 amide bonds. The van der Waals surface area contributed by atoms with E-state index in [0.29, 0.717) is 5.92 Å². The predicted molar refractivity (Wildman–Crippen MR) is 98.9 cm³/mol. The Morgan fingerprint density at radius 2 is 1.42 bits per heavy atom. The predicted octanol–water partition coefficient (Wildman–Crippen LogP) is 6.89. The molecule has 2 heteroatoms. The van der Waals surface area contributed by atoms with E-state index < -0.39 is 5.83 Å². The van der Waals surface area contributed by atoms with E-state index in [1.807, 2.05) is 0 Å². The summed E-state index contributed by atoms with van der Waals surface area (Å²) in [6, 6.07) is 1.50. The number of rotatable bonds is 6. The van der Waals surface area contributed by atoms with Gasteiger partial charge in [0.2, 0.25) is 0 Å². The van der Waals surface area contributed by atoms with Gasteiger partial charge in [-0.05, 0) is 81.1 Å². The first kappa shape index (κ1) is 19.0. The maximum absolute atomic E-state index is 12.7. The van der Waals surface area contributed by atoms with Crippen LogP contribution in [0.25, 0.3) is 0 Å². The molecule has 0 aromatic heterocycles. The third-order valence-electron chi connectivity index (χ3n) is 5.79. The summed E-state index contributed by atoms with van der Waals surface area (Å²) in [6.45, 7) is 2.30. The van der Waals surface area contributed by atoms with Crippen LogP contribution in [0.3, 0.4) is 0 Å². The first-order chi connectivity index (χ1) is 11.7. The third kappa shape index (κ3) is 6.63. The monoisotopic (exact) mass is 329 g/mol. The highest BCUT2D eigenvalue weighted by atomic mass is 19.1. The molecule has 0 radical (unpaired) electrons. The average Bonchev–Trinajstić information content (AvgIpc) is 2.62. The van der Waals surface area contributed by atoms with Gasteiger partial charge in [0.25, 0.3) is 0 Å². The van der Waals surface area contributed by atoms with Gasteiger partial charge in [0.15, 0.2) is 5.83 Å². The van der Waals surface area contributed by atoms with Crippen molar-refractivity contribution < 1.29 is 4.39 Å². The molecule has 132 valence electrons. The summed E-state index contributed by atoms with van der Waals surface area (Å²) in [6.07, 6.45) is 23.2. The molecule has 0 saturated heterocycles. The van der Waals surface area contributed by atoms with E-state index in [1.54, 1.807) is 6.08 Å². The summed E-state index contributed by atoms with van der Waals surface area (Å²) in [7, 11) is 0. The number of hydrogen-bond donors (Lipinski definition) is 0. The van der Waals surface area contributed by atoms with Crippen LogP contribution in [0.5, 0.6) is 0 Å². The summed E-state index contributed by atoms with van der Waals surface area (Å²) >= 11 is 0. The minimum atomic E-state index is -0.712. The van der Waals surface area contributed by atoms with E-state index in [9.17, 15) is 4.39 Å². The van der Waals surface area contributed by atoms with Crippen molar-refractivity contribution in [1.82, 2.24) is 0 Å². The van der Waals surface area contributed by atoms with Gasteiger partial charge in [-0.25, -0.2) is 0 Å². The lowest BCUT2D eigenvalue weighted by molar-refractivity contribution is 0.292. The first-order valence-electron chi connectivity index (χ1n) is 9.83. The summed E-state index contributed by atoms with van der Waals surface area (Å²) < 4.78 is 12.7. The van der Waals surface area contributed by atoms with Gasteiger partial charge in [0.05, 0.1) is 0 Å². The van der Waals surface area contributed by atoms with Crippen LogP contribution in [0.4, 0.5) is 4.39 Å². The molecule has 0 aliphatic heterocycles. The maximum Gasteiger partial charge on any atom is 0.199 e. The van der Waals surface area contributed by atoms with Gasteiger partial charge in [-0.2, -0.15) is 9.65 Å². The van der Waals surface area contributed by atoms with Crippen LogP contribution in [0.2, 0.25) is 0 Å². The van der Waals surface area contributed by atoms with E-state index in [0.717, 1.165) is 17.8 Å². The topological polar surface area (TPSA) is 23.8 Å². The first-order valence-corrected chi connectivity index (χ1v) is 9.83. The second kappa shape index (κ2) is 10.5. The fourth-order valence-electron chi connectivity index (χ4n) is 4.26. The van der Waals surface area contributed by atoms with Crippen molar-refractivity contribution in [2.75, 3.05) is 0 Å². The van der Waals surface area contributed by atoms with Crippen molar-refractivity contribution in [3.05, 3.63) is 36.2 Å². The number of allylic oxidation sites excluding steroid dienone is 6. The highest BCUT2D eigenvalue weighted by Crippen LogP contribution is 2.34. The largest absolute Gasteiger partial charge is 0.199 e. The quantitative estimate of drug-likeness (QED) is 0.296. The Morgan fingerprint density at radius 3 is 1.92 bits per heavy atom. The molecular formula is C22H32FN. The number of halogens is 1. The molecule has 2 aliphatic rings. The normalized spacial score (nSPS) is 32.3. The lowest BCUT2D eigenvalue weighted by Gasteiger charge is -2.28. The highest BCUT2D eigenvalue weighted by molar-refractivity contribution is 5.19. The second-order valence-corrected chi connectivity index (χ2v) is 7.64. The van der Waals surface area contributed by atoms with Crippen molar-refractivity contribution in [2.24, 2.45) is 23.7 Å². The van der Waals surface area contributed by atoms with Crippen LogP contribution in [0.1, 0.15) is 71.1 Å². The van der Waals surface area contributed by atoms with E-state index >= 15 is 0 Å². The molecule has 0 aromatic rings. The van der Waals surface area contributed by atoms with Gasteiger partial charge in [0.1, 0.15) is 6.07 Å². The van der Waals surface area contributed by atoms with Crippen molar-refractivity contribution in [2.45, 2.75) is 71.1 Å². The van der Waals surface area contributed by atoms with Crippen molar-refractivity contribution in [3.8, 4) is 6.07 Å². The van der Waals surface area contributed by atoms with Gasteiger partial charge in [-0.3, -0.25) is 0 Å². The summed E-state index contributed by atoms with van der Waals surface area (Å²) in [5.41, 5.74) is 0. The molecule has 24 heavy (non-hydrogen) atoms. The molecular weight excluding hydrogens is 297 g/mol. The number of nitrogens with zero attached hydrogens (tertiary/aromatic N) is 1. The number of nitriles is 1. The summed E-state index contributed by atoms with van der Waals surface area (Å²) in [4.78, 5) is 0. The minimum absolute atomic E-state index is 0.543. The molecule has 2 fully saturated rings. The van der Waals surface area contributed by atoms with E-state index in [-0.39, 0.29) is 0 Å². The highest BCUT2D eigenvalue weighted by Gasteiger charge is 2.20. The van der Waals surface area contributed by atoms with Crippen molar-refractivity contribution >= 4 is 0 Å². The van der Waals surface area contributed by atoms with Crippen LogP contribution in [-0.2, 0) is 0 Å². The lowest BCUT2D eigenvalue weighted by Crippen LogP contribution is -2.14. The Morgan fingerprint density at radius 1 is 0.917 bits per heavy atom. The molecule has 0 atom stereocenters. The molecule has 0 N–H and O–H groups in total. The SMILES string of the molecule is CCCC1CCC(C=CC2CCC(C=CC=C(F)C#N)CC2)CC1. The molecule has 0 heterocycles. The van der Waals surface area contributed by atoms with Crippen LogP contribution in [-0.4, -0.2) is 0 Å². The molecule has 2 rings (SSSR count). The fraction of sp³-hybridized carbons (Fsp3) is 0.682. The smallest absolute Gasteiger partial charge is 0.195 e. The molecule has 2 aliphatic carbocycles. The van der Waals surface area contributed by atoms with Gasteiger partial charge in [-0.15, -0.1) is 0 Å². The van der Waals surface area contributed by atoms with Gasteiger partial charge in [-0.1, -0.05) is 44.1 Å². The lowest BCUT2D eigenvalue weighted by atomic mass is 9.78. The van der Waals surface area contributed by atoms with Crippen molar-refractivity contribution in [3.63, 3.8) is 0 Å². The molecule has 0 spiro atoms. The Kier molecular flexibility index (Phi) is 8.29. The molecule has 1 nitrogen and oxygen atoms in total. The zero-order valence-electron chi connectivity index (χ0n) is 15.1. The Hall–Kier alpha value is -1.36. The molecule has 2 saturated carbocycles. The van der Waals surface area contributed by atoms with Crippen LogP contribution >= 0.6 is 0 Å². The van der Waals surface area contributed by atoms with Crippen LogP contribution < -0.4 is 0 Å². The summed E-state index contributed by atoms with van der Waals surface area (Å²) in [5, 5.41) is 8.38. The van der Waals surface area contributed by atoms with E-state index in [1.165, 1.54) is 76.4 Å². The van der Waals surface area contributed by atoms with E-state index in [4.69, 9.17) is 5.26 Å².